The lowest BCUT2D eigenvalue weighted by atomic mass is 9.88. The molecule has 0 aliphatic heterocycles. The van der Waals surface area contributed by atoms with Crippen molar-refractivity contribution in [1.82, 2.24) is 24.4 Å². The zero-order chi connectivity index (χ0) is 26.1. The second-order valence-electron chi connectivity index (χ2n) is 9.65. The molecule has 2 N–H and O–H groups in total. The molecule has 10 nitrogen and oxygen atoms in total. The van der Waals surface area contributed by atoms with Crippen molar-refractivity contribution in [3.63, 3.8) is 0 Å². The maximum absolute atomic E-state index is 11.9. The number of rotatable bonds is 7. The van der Waals surface area contributed by atoms with Gasteiger partial charge in [-0.05, 0) is 75.3 Å². The van der Waals surface area contributed by atoms with Crippen molar-refractivity contribution in [2.24, 2.45) is 13.0 Å². The van der Waals surface area contributed by atoms with Crippen LogP contribution in [0.25, 0.3) is 16.6 Å². The smallest absolute Gasteiger partial charge is 0.269 e. The normalized spacial score (nSPS) is 18.6. The number of ether oxygens (including phenoxy) is 1. The molecule has 4 aromatic rings. The van der Waals surface area contributed by atoms with Crippen LogP contribution in [0.5, 0.6) is 5.75 Å². The molecular weight excluding hydrogens is 492 g/mol. The van der Waals surface area contributed by atoms with Crippen LogP contribution in [-0.4, -0.2) is 45.0 Å². The van der Waals surface area contributed by atoms with E-state index in [2.05, 4.69) is 20.5 Å². The van der Waals surface area contributed by atoms with E-state index in [9.17, 15) is 13.6 Å². The van der Waals surface area contributed by atoms with E-state index in [0.29, 0.717) is 23.0 Å². The fraction of sp³-hybridized carbons (Fsp3) is 0.385. The number of anilines is 2. The molecule has 0 bridgehead atoms. The van der Waals surface area contributed by atoms with Gasteiger partial charge >= 0.3 is 0 Å². The van der Waals surface area contributed by atoms with Gasteiger partial charge in [-0.2, -0.15) is 10.2 Å². The minimum atomic E-state index is -1.75. The molecule has 1 atom stereocenters. The Bertz CT molecular complexity index is 1500. The summed E-state index contributed by atoms with van der Waals surface area (Å²) in [5.41, 5.74) is 4.19. The van der Waals surface area contributed by atoms with Gasteiger partial charge in [-0.25, -0.2) is 13.4 Å². The molecule has 1 fully saturated rings. The fourth-order valence-electron chi connectivity index (χ4n) is 4.84. The summed E-state index contributed by atoms with van der Waals surface area (Å²) in [5, 5.41) is 12.0. The molecule has 0 amide bonds. The molecule has 0 radical (unpaired) electrons. The van der Waals surface area contributed by atoms with Gasteiger partial charge in [0, 0.05) is 36.1 Å². The van der Waals surface area contributed by atoms with Gasteiger partial charge in [0.1, 0.15) is 5.75 Å². The van der Waals surface area contributed by atoms with E-state index in [0.717, 1.165) is 53.8 Å². The number of nitrogens with zero attached hydrogens (tertiary/aromatic N) is 5. The summed E-state index contributed by atoms with van der Waals surface area (Å²) in [6, 6.07) is 9.69. The molecule has 0 aromatic carbocycles. The quantitative estimate of drug-likeness (QED) is 0.349. The first-order chi connectivity index (χ1) is 17.7. The standard InChI is InChI=1S/C26H30N6O4S/c1-16-10-24(29-31(3)26(16)33)28-25-13-20-12-19(8-9-32(20)30-25)22-11-17(2)27-14-23(22)36-21-6-4-18(5-7-21)15-37(34)35/h8-14,18,21H,4-7,15H2,1-3H3,(H,34,35)(H,28,29,30). The zero-order valence-electron chi connectivity index (χ0n) is 21.0. The molecule has 5 rings (SSSR count). The summed E-state index contributed by atoms with van der Waals surface area (Å²) in [4.78, 5) is 16.4. The van der Waals surface area contributed by atoms with E-state index in [1.807, 2.05) is 37.4 Å². The van der Waals surface area contributed by atoms with Crippen molar-refractivity contribution < 1.29 is 13.5 Å². The van der Waals surface area contributed by atoms with E-state index in [1.54, 1.807) is 30.8 Å². The Hall–Kier alpha value is -3.57. The zero-order valence-corrected chi connectivity index (χ0v) is 21.9. The summed E-state index contributed by atoms with van der Waals surface area (Å²) in [5.74, 6) is 2.50. The minimum Gasteiger partial charge on any atom is -0.488 e. The average Bonchev–Trinajstić information content (AvgIpc) is 3.26. The lowest BCUT2D eigenvalue weighted by Gasteiger charge is -2.29. The van der Waals surface area contributed by atoms with Crippen LogP contribution in [0.15, 0.2) is 47.5 Å². The largest absolute Gasteiger partial charge is 0.488 e. The maximum Gasteiger partial charge on any atom is 0.269 e. The Morgan fingerprint density at radius 3 is 2.59 bits per heavy atom. The van der Waals surface area contributed by atoms with Crippen molar-refractivity contribution in [3.05, 3.63) is 64.3 Å². The molecule has 0 spiro atoms. The first-order valence-corrected chi connectivity index (χ1v) is 13.6. The lowest BCUT2D eigenvalue weighted by Crippen LogP contribution is -2.26. The fourth-order valence-corrected chi connectivity index (χ4v) is 5.57. The highest BCUT2D eigenvalue weighted by molar-refractivity contribution is 7.79. The summed E-state index contributed by atoms with van der Waals surface area (Å²) in [6.45, 7) is 3.71. The van der Waals surface area contributed by atoms with E-state index in [4.69, 9.17) is 4.74 Å². The highest BCUT2D eigenvalue weighted by atomic mass is 32.2. The van der Waals surface area contributed by atoms with Gasteiger partial charge in [0.25, 0.3) is 5.56 Å². The maximum atomic E-state index is 11.9. The van der Waals surface area contributed by atoms with Gasteiger partial charge < -0.3 is 14.6 Å². The highest BCUT2D eigenvalue weighted by Gasteiger charge is 2.24. The van der Waals surface area contributed by atoms with Gasteiger partial charge in [0.05, 0.1) is 23.6 Å². The van der Waals surface area contributed by atoms with Crippen molar-refractivity contribution in [3.8, 4) is 16.9 Å². The number of aromatic nitrogens is 5. The van der Waals surface area contributed by atoms with E-state index in [1.165, 1.54) is 4.68 Å². The van der Waals surface area contributed by atoms with Crippen LogP contribution in [0.4, 0.5) is 11.6 Å². The van der Waals surface area contributed by atoms with Crippen molar-refractivity contribution in [1.29, 1.82) is 0 Å². The van der Waals surface area contributed by atoms with Gasteiger partial charge in [-0.15, -0.1) is 0 Å². The summed E-state index contributed by atoms with van der Waals surface area (Å²) in [7, 11) is 1.62. The van der Waals surface area contributed by atoms with E-state index >= 15 is 0 Å². The Labute approximate surface area is 217 Å². The van der Waals surface area contributed by atoms with Crippen LogP contribution in [-0.2, 0) is 18.1 Å². The predicted octanol–water partition coefficient (Wildman–Crippen LogP) is 4.01. The molecule has 1 unspecified atom stereocenters. The molecule has 0 saturated heterocycles. The number of hydrogen-bond donors (Lipinski definition) is 2. The van der Waals surface area contributed by atoms with Crippen LogP contribution < -0.4 is 15.6 Å². The first kappa shape index (κ1) is 25.1. The number of nitrogens with one attached hydrogen (secondary N) is 1. The van der Waals surface area contributed by atoms with Crippen molar-refractivity contribution in [2.45, 2.75) is 45.6 Å². The third-order valence-electron chi connectivity index (χ3n) is 6.74. The molecule has 1 aliphatic carbocycles. The molecule has 37 heavy (non-hydrogen) atoms. The van der Waals surface area contributed by atoms with Gasteiger partial charge in [-0.1, -0.05) is 0 Å². The second kappa shape index (κ2) is 10.4. The Morgan fingerprint density at radius 1 is 1.11 bits per heavy atom. The van der Waals surface area contributed by atoms with Crippen LogP contribution in [0, 0.1) is 19.8 Å². The summed E-state index contributed by atoms with van der Waals surface area (Å²) in [6.07, 6.45) is 7.20. The van der Waals surface area contributed by atoms with Gasteiger partial charge in [0.2, 0.25) is 0 Å². The van der Waals surface area contributed by atoms with E-state index in [-0.39, 0.29) is 17.6 Å². The number of pyridine rings is 2. The molecule has 11 heteroatoms. The molecule has 1 saturated carbocycles. The lowest BCUT2D eigenvalue weighted by molar-refractivity contribution is 0.136. The number of fused-ring (bicyclic) bond motifs is 1. The van der Waals surface area contributed by atoms with Crippen LogP contribution in [0.2, 0.25) is 0 Å². The SMILES string of the molecule is Cc1cc(-c2ccn3nc(Nc4cc(C)c(=O)n(C)n4)cc3c2)c(OC2CCC(CS(=O)O)CC2)cn1. The van der Waals surface area contributed by atoms with E-state index < -0.39 is 11.1 Å². The Morgan fingerprint density at radius 2 is 1.86 bits per heavy atom. The second-order valence-corrected chi connectivity index (χ2v) is 10.6. The van der Waals surface area contributed by atoms with Crippen molar-refractivity contribution in [2.75, 3.05) is 11.1 Å². The minimum absolute atomic E-state index is 0.0546. The highest BCUT2D eigenvalue weighted by Crippen LogP contribution is 2.35. The van der Waals surface area contributed by atoms with Crippen LogP contribution in [0.1, 0.15) is 36.9 Å². The first-order valence-electron chi connectivity index (χ1n) is 12.3. The number of hydrogen-bond acceptors (Lipinski definition) is 7. The Kier molecular flexibility index (Phi) is 7.07. The molecule has 4 aromatic heterocycles. The van der Waals surface area contributed by atoms with Crippen LogP contribution in [0.3, 0.4) is 0 Å². The Balaban J connectivity index is 1.37. The molecule has 4 heterocycles. The third-order valence-corrected chi connectivity index (χ3v) is 7.50. The summed E-state index contributed by atoms with van der Waals surface area (Å²) >= 11 is -1.75. The predicted molar refractivity (Wildman–Crippen MR) is 143 cm³/mol. The average molecular weight is 523 g/mol. The topological polar surface area (TPSA) is 124 Å². The van der Waals surface area contributed by atoms with Crippen molar-refractivity contribution >= 4 is 28.2 Å². The summed E-state index contributed by atoms with van der Waals surface area (Å²) < 4.78 is 29.8. The monoisotopic (exact) mass is 522 g/mol. The molecular formula is C26H30N6O4S. The van der Waals surface area contributed by atoms with Gasteiger partial charge in [-0.3, -0.25) is 9.78 Å². The van der Waals surface area contributed by atoms with Crippen LogP contribution >= 0.6 is 0 Å². The number of aryl methyl sites for hydroxylation is 3. The molecule has 194 valence electrons. The molecule has 1 aliphatic rings. The third kappa shape index (κ3) is 5.72. The van der Waals surface area contributed by atoms with Gasteiger partial charge in [0.15, 0.2) is 22.7 Å².